The summed E-state index contributed by atoms with van der Waals surface area (Å²) in [4.78, 5) is 0. The van der Waals surface area contributed by atoms with Gasteiger partial charge in [-0.25, -0.2) is 0 Å². The second-order valence-electron chi connectivity index (χ2n) is 7.93. The molecule has 2 aromatic carbocycles. The summed E-state index contributed by atoms with van der Waals surface area (Å²) in [6.07, 6.45) is 15.2. The van der Waals surface area contributed by atoms with Gasteiger partial charge in [-0.2, -0.15) is 0 Å². The second-order valence-corrected chi connectivity index (χ2v) is 7.93. The van der Waals surface area contributed by atoms with E-state index in [0.717, 1.165) is 11.8 Å². The van der Waals surface area contributed by atoms with Crippen molar-refractivity contribution in [1.82, 2.24) is 0 Å². The van der Waals surface area contributed by atoms with Gasteiger partial charge in [0.2, 0.25) is 0 Å². The van der Waals surface area contributed by atoms with Crippen LogP contribution in [-0.4, -0.2) is 6.61 Å². The van der Waals surface area contributed by atoms with Crippen molar-refractivity contribution >= 4 is 0 Å². The van der Waals surface area contributed by atoms with Crippen molar-refractivity contribution < 1.29 is 4.74 Å². The van der Waals surface area contributed by atoms with Crippen LogP contribution in [0.25, 0.3) is 11.1 Å². The Morgan fingerprint density at radius 3 is 2.00 bits per heavy atom. The summed E-state index contributed by atoms with van der Waals surface area (Å²) in [6.45, 7) is 5.48. The number of hydrogen-bond donors (Lipinski definition) is 0. The fraction of sp³-hybridized carbons (Fsp3) is 0.407. The van der Waals surface area contributed by atoms with Crippen LogP contribution < -0.4 is 0 Å². The zero-order chi connectivity index (χ0) is 19.6. The summed E-state index contributed by atoms with van der Waals surface area (Å²) >= 11 is 0. The minimum absolute atomic E-state index is 0.667. The van der Waals surface area contributed by atoms with Crippen LogP contribution in [0.4, 0.5) is 0 Å². The Balaban J connectivity index is 1.54. The Kier molecular flexibility index (Phi) is 8.11. The van der Waals surface area contributed by atoms with Gasteiger partial charge in [-0.15, -0.1) is 0 Å². The normalized spacial score (nSPS) is 20.2. The van der Waals surface area contributed by atoms with Crippen LogP contribution in [-0.2, 0) is 11.3 Å². The molecule has 1 heteroatoms. The van der Waals surface area contributed by atoms with E-state index in [-0.39, 0.29) is 0 Å². The van der Waals surface area contributed by atoms with E-state index in [1.165, 1.54) is 54.4 Å². The highest BCUT2D eigenvalue weighted by atomic mass is 16.5. The fourth-order valence-electron chi connectivity index (χ4n) is 4.14. The third-order valence-electron chi connectivity index (χ3n) is 5.94. The van der Waals surface area contributed by atoms with Gasteiger partial charge in [-0.1, -0.05) is 72.8 Å². The number of rotatable bonds is 8. The molecule has 1 nitrogen and oxygen atoms in total. The first-order chi connectivity index (χ1) is 13.8. The first-order valence-electron chi connectivity index (χ1n) is 10.8. The van der Waals surface area contributed by atoms with E-state index >= 15 is 0 Å². The van der Waals surface area contributed by atoms with Gasteiger partial charge in [0.1, 0.15) is 0 Å². The third-order valence-corrected chi connectivity index (χ3v) is 5.94. The van der Waals surface area contributed by atoms with Gasteiger partial charge < -0.3 is 4.74 Å². The summed E-state index contributed by atoms with van der Waals surface area (Å²) in [5.41, 5.74) is 5.31. The second kappa shape index (κ2) is 11.0. The van der Waals surface area contributed by atoms with Crippen molar-refractivity contribution in [2.75, 3.05) is 6.61 Å². The molecule has 148 valence electrons. The van der Waals surface area contributed by atoms with Gasteiger partial charge in [-0.05, 0) is 80.0 Å². The molecule has 0 radical (unpaired) electrons. The summed E-state index contributed by atoms with van der Waals surface area (Å²) in [5.74, 6) is 1.64. The molecule has 0 spiro atoms. The molecule has 1 aliphatic carbocycles. The highest BCUT2D eigenvalue weighted by molar-refractivity contribution is 5.64. The van der Waals surface area contributed by atoms with Crippen molar-refractivity contribution in [1.29, 1.82) is 0 Å². The molecule has 0 heterocycles. The number of allylic oxidation sites excluding steroid dienone is 3. The minimum atomic E-state index is 0.667. The maximum absolute atomic E-state index is 5.63. The van der Waals surface area contributed by atoms with E-state index in [1.807, 2.05) is 19.1 Å². The smallest absolute Gasteiger partial charge is 0.0721 e. The lowest BCUT2D eigenvalue weighted by atomic mass is 9.77. The monoisotopic (exact) mass is 374 g/mol. The molecule has 0 aromatic heterocycles. The molecule has 3 rings (SSSR count). The van der Waals surface area contributed by atoms with E-state index in [0.29, 0.717) is 13.2 Å². The van der Waals surface area contributed by atoms with Crippen molar-refractivity contribution in [2.45, 2.75) is 58.5 Å². The van der Waals surface area contributed by atoms with Gasteiger partial charge in [0, 0.05) is 0 Å². The standard InChI is InChI=1S/C27H34O/c1-3-5-7-22-8-12-24(13-9-22)26-16-18-27(19-17-26)25-14-10-23(11-15-25)21-28-20-6-4-2/h3-6,10-11,14-19,22,24H,7-9,12-13,20-21H2,1-2H3/b5-3+,6-4+. The first-order valence-corrected chi connectivity index (χ1v) is 10.8. The van der Waals surface area contributed by atoms with Crippen LogP contribution in [0.5, 0.6) is 0 Å². The summed E-state index contributed by atoms with van der Waals surface area (Å²) in [6, 6.07) is 18.0. The Labute approximate surface area is 171 Å². The largest absolute Gasteiger partial charge is 0.373 e. The molecule has 2 aromatic rings. The molecular weight excluding hydrogens is 340 g/mol. The molecule has 0 atom stereocenters. The zero-order valence-electron chi connectivity index (χ0n) is 17.4. The van der Waals surface area contributed by atoms with Gasteiger partial charge >= 0.3 is 0 Å². The van der Waals surface area contributed by atoms with E-state index in [9.17, 15) is 0 Å². The molecule has 1 aliphatic rings. The van der Waals surface area contributed by atoms with Crippen molar-refractivity contribution in [3.63, 3.8) is 0 Å². The van der Waals surface area contributed by atoms with Crippen LogP contribution in [0, 0.1) is 5.92 Å². The molecule has 1 fully saturated rings. The minimum Gasteiger partial charge on any atom is -0.373 e. The number of benzene rings is 2. The highest BCUT2D eigenvalue weighted by Gasteiger charge is 2.21. The van der Waals surface area contributed by atoms with Crippen molar-refractivity contribution in [3.05, 3.63) is 84.0 Å². The molecule has 0 N–H and O–H groups in total. The lowest BCUT2D eigenvalue weighted by Gasteiger charge is -2.28. The molecule has 1 saturated carbocycles. The first kappa shape index (κ1) is 20.6. The highest BCUT2D eigenvalue weighted by Crippen LogP contribution is 2.37. The SMILES string of the molecule is C/C=C/COCc1ccc(-c2ccc(C3CCC(C/C=C/C)CC3)cc2)cc1. The molecule has 28 heavy (non-hydrogen) atoms. The van der Waals surface area contributed by atoms with E-state index in [4.69, 9.17) is 4.74 Å². The van der Waals surface area contributed by atoms with Crippen molar-refractivity contribution in [2.24, 2.45) is 5.92 Å². The summed E-state index contributed by atoms with van der Waals surface area (Å²) < 4.78 is 5.63. The predicted octanol–water partition coefficient (Wildman–Crippen LogP) is 7.69. The zero-order valence-corrected chi connectivity index (χ0v) is 17.4. The van der Waals surface area contributed by atoms with Gasteiger partial charge in [0.15, 0.2) is 0 Å². The molecule has 0 aliphatic heterocycles. The maximum atomic E-state index is 5.63. The van der Waals surface area contributed by atoms with Crippen LogP contribution >= 0.6 is 0 Å². The Hall–Kier alpha value is -2.12. The Morgan fingerprint density at radius 1 is 0.786 bits per heavy atom. The van der Waals surface area contributed by atoms with Gasteiger partial charge in [0.25, 0.3) is 0 Å². The quantitative estimate of drug-likeness (QED) is 0.340. The van der Waals surface area contributed by atoms with Crippen molar-refractivity contribution in [3.8, 4) is 11.1 Å². The van der Waals surface area contributed by atoms with E-state index in [2.05, 4.69) is 67.6 Å². The average molecular weight is 375 g/mol. The molecule has 0 bridgehead atoms. The molecular formula is C27H34O. The average Bonchev–Trinajstić information content (AvgIpc) is 2.76. The summed E-state index contributed by atoms with van der Waals surface area (Å²) in [7, 11) is 0. The van der Waals surface area contributed by atoms with Gasteiger partial charge in [0.05, 0.1) is 13.2 Å². The lowest BCUT2D eigenvalue weighted by molar-refractivity contribution is 0.148. The van der Waals surface area contributed by atoms with E-state index < -0.39 is 0 Å². The third kappa shape index (κ3) is 5.94. The fourth-order valence-corrected chi connectivity index (χ4v) is 4.14. The Morgan fingerprint density at radius 2 is 1.39 bits per heavy atom. The molecule has 0 saturated heterocycles. The van der Waals surface area contributed by atoms with Crippen LogP contribution in [0.2, 0.25) is 0 Å². The van der Waals surface area contributed by atoms with E-state index in [1.54, 1.807) is 0 Å². The summed E-state index contributed by atoms with van der Waals surface area (Å²) in [5, 5.41) is 0. The molecule has 0 amide bonds. The van der Waals surface area contributed by atoms with Crippen LogP contribution in [0.15, 0.2) is 72.8 Å². The lowest BCUT2D eigenvalue weighted by Crippen LogP contribution is -2.12. The van der Waals surface area contributed by atoms with Gasteiger partial charge in [-0.3, -0.25) is 0 Å². The van der Waals surface area contributed by atoms with Crippen LogP contribution in [0.3, 0.4) is 0 Å². The predicted molar refractivity (Wildman–Crippen MR) is 120 cm³/mol. The molecule has 0 unspecified atom stereocenters. The maximum Gasteiger partial charge on any atom is 0.0721 e. The number of ether oxygens (including phenoxy) is 1. The topological polar surface area (TPSA) is 9.23 Å². The van der Waals surface area contributed by atoms with Crippen LogP contribution in [0.1, 0.15) is 63.0 Å². The number of hydrogen-bond acceptors (Lipinski definition) is 1. The Bertz CT molecular complexity index is 744.